The number of carbonyl (C=O) groups is 1. The van der Waals surface area contributed by atoms with E-state index in [9.17, 15) is 9.18 Å². The van der Waals surface area contributed by atoms with Crippen LogP contribution < -0.4 is 4.90 Å². The van der Waals surface area contributed by atoms with Gasteiger partial charge in [-0.3, -0.25) is 0 Å². The van der Waals surface area contributed by atoms with E-state index >= 15 is 0 Å². The standard InChI is InChI=1S/C16H20FNO3/c1-16(21-2)9-4-10-18(11-16)15-12(7-8-14(19)20)5-3-6-13(15)17/h3,5-8H,4,9-11H2,1-2H3,(H,19,20)/b8-7+. The van der Waals surface area contributed by atoms with Crippen LogP contribution in [0.2, 0.25) is 0 Å². The molecule has 114 valence electrons. The molecule has 1 heterocycles. The van der Waals surface area contributed by atoms with E-state index < -0.39 is 5.97 Å². The predicted octanol–water partition coefficient (Wildman–Crippen LogP) is 2.93. The lowest BCUT2D eigenvalue weighted by molar-refractivity contribution is -0.131. The van der Waals surface area contributed by atoms with Gasteiger partial charge >= 0.3 is 5.97 Å². The first kappa shape index (κ1) is 15.5. The molecule has 0 bridgehead atoms. The average molecular weight is 293 g/mol. The zero-order chi connectivity index (χ0) is 15.5. The van der Waals surface area contributed by atoms with Gasteiger partial charge in [0, 0.05) is 31.8 Å². The minimum absolute atomic E-state index is 0.311. The number of methoxy groups -OCH3 is 1. The van der Waals surface area contributed by atoms with Crippen LogP contribution in [-0.4, -0.2) is 36.9 Å². The molecule has 2 rings (SSSR count). The van der Waals surface area contributed by atoms with E-state index in [1.165, 1.54) is 12.1 Å². The minimum atomic E-state index is -1.05. The van der Waals surface area contributed by atoms with Gasteiger partial charge in [-0.05, 0) is 31.9 Å². The number of carboxylic acid groups (broad SMARTS) is 1. The third-order valence-corrected chi connectivity index (χ3v) is 3.89. The summed E-state index contributed by atoms with van der Waals surface area (Å²) in [4.78, 5) is 12.6. The van der Waals surface area contributed by atoms with Gasteiger partial charge < -0.3 is 14.7 Å². The van der Waals surface area contributed by atoms with Gasteiger partial charge in [-0.2, -0.15) is 0 Å². The first-order valence-electron chi connectivity index (χ1n) is 6.95. The van der Waals surface area contributed by atoms with Crippen LogP contribution in [-0.2, 0) is 9.53 Å². The second kappa shape index (κ2) is 6.26. The van der Waals surface area contributed by atoms with Crippen molar-refractivity contribution in [2.45, 2.75) is 25.4 Å². The molecule has 1 fully saturated rings. The third kappa shape index (κ3) is 3.61. The van der Waals surface area contributed by atoms with Gasteiger partial charge in [0.05, 0.1) is 11.3 Å². The zero-order valence-corrected chi connectivity index (χ0v) is 12.3. The summed E-state index contributed by atoms with van der Waals surface area (Å²) in [7, 11) is 1.66. The number of aliphatic carboxylic acids is 1. The van der Waals surface area contributed by atoms with Gasteiger partial charge in [0.25, 0.3) is 0 Å². The summed E-state index contributed by atoms with van der Waals surface area (Å²) in [6.45, 7) is 3.32. The van der Waals surface area contributed by atoms with Crippen LogP contribution in [0.5, 0.6) is 0 Å². The number of ether oxygens (including phenoxy) is 1. The Balaban J connectivity index is 2.36. The maximum Gasteiger partial charge on any atom is 0.328 e. The topological polar surface area (TPSA) is 49.8 Å². The largest absolute Gasteiger partial charge is 0.478 e. The predicted molar refractivity (Wildman–Crippen MR) is 79.9 cm³/mol. The molecule has 1 aromatic rings. The maximum absolute atomic E-state index is 14.3. The van der Waals surface area contributed by atoms with E-state index in [0.717, 1.165) is 25.5 Å². The summed E-state index contributed by atoms with van der Waals surface area (Å²) in [5, 5.41) is 8.75. The van der Waals surface area contributed by atoms with Crippen molar-refractivity contribution in [2.75, 3.05) is 25.1 Å². The Morgan fingerprint density at radius 2 is 2.29 bits per heavy atom. The van der Waals surface area contributed by atoms with Crippen molar-refractivity contribution in [1.82, 2.24) is 0 Å². The number of para-hydroxylation sites is 1. The Labute approximate surface area is 123 Å². The molecule has 1 aromatic carbocycles. The van der Waals surface area contributed by atoms with Crippen LogP contribution in [0, 0.1) is 5.82 Å². The summed E-state index contributed by atoms with van der Waals surface area (Å²) in [6.07, 6.45) is 4.28. The number of hydrogen-bond acceptors (Lipinski definition) is 3. The number of hydrogen-bond donors (Lipinski definition) is 1. The van der Waals surface area contributed by atoms with E-state index in [4.69, 9.17) is 9.84 Å². The fourth-order valence-corrected chi connectivity index (χ4v) is 2.72. The Kier molecular flexibility index (Phi) is 4.63. The molecular weight excluding hydrogens is 273 g/mol. The third-order valence-electron chi connectivity index (χ3n) is 3.89. The molecule has 1 aliphatic heterocycles. The quantitative estimate of drug-likeness (QED) is 0.867. The van der Waals surface area contributed by atoms with Gasteiger partial charge in [-0.1, -0.05) is 12.1 Å². The molecule has 0 saturated carbocycles. The fourth-order valence-electron chi connectivity index (χ4n) is 2.72. The summed E-state index contributed by atoms with van der Waals surface area (Å²) in [5.74, 6) is -1.39. The molecule has 0 radical (unpaired) electrons. The van der Waals surface area contributed by atoms with Gasteiger partial charge in [0.2, 0.25) is 0 Å². The normalized spacial score (nSPS) is 22.7. The van der Waals surface area contributed by atoms with Crippen LogP contribution in [0.25, 0.3) is 6.08 Å². The van der Waals surface area contributed by atoms with Crippen molar-refractivity contribution in [2.24, 2.45) is 0 Å². The molecule has 4 nitrogen and oxygen atoms in total. The second-order valence-electron chi connectivity index (χ2n) is 5.53. The van der Waals surface area contributed by atoms with Crippen molar-refractivity contribution < 1.29 is 19.0 Å². The number of rotatable bonds is 4. The van der Waals surface area contributed by atoms with Crippen LogP contribution in [0.1, 0.15) is 25.3 Å². The first-order chi connectivity index (χ1) is 9.95. The highest BCUT2D eigenvalue weighted by atomic mass is 19.1. The van der Waals surface area contributed by atoms with E-state index in [0.29, 0.717) is 17.8 Å². The van der Waals surface area contributed by atoms with E-state index in [-0.39, 0.29) is 11.4 Å². The number of piperidine rings is 1. The minimum Gasteiger partial charge on any atom is -0.478 e. The lowest BCUT2D eigenvalue weighted by Crippen LogP contribution is -2.48. The highest BCUT2D eigenvalue weighted by Crippen LogP contribution is 2.32. The van der Waals surface area contributed by atoms with Gasteiger partial charge in [-0.15, -0.1) is 0 Å². The summed E-state index contributed by atoms with van der Waals surface area (Å²) < 4.78 is 19.8. The molecule has 21 heavy (non-hydrogen) atoms. The number of carboxylic acids is 1. The maximum atomic E-state index is 14.3. The molecule has 1 atom stereocenters. The highest BCUT2D eigenvalue weighted by Gasteiger charge is 2.32. The van der Waals surface area contributed by atoms with Crippen molar-refractivity contribution in [3.63, 3.8) is 0 Å². The molecular formula is C16H20FNO3. The average Bonchev–Trinajstić information content (AvgIpc) is 2.45. The Hall–Kier alpha value is -1.88. The second-order valence-corrected chi connectivity index (χ2v) is 5.53. The monoisotopic (exact) mass is 293 g/mol. The molecule has 1 saturated heterocycles. The van der Waals surface area contributed by atoms with E-state index in [1.807, 2.05) is 11.8 Å². The molecule has 1 N–H and O–H groups in total. The van der Waals surface area contributed by atoms with Crippen molar-refractivity contribution in [1.29, 1.82) is 0 Å². The summed E-state index contributed by atoms with van der Waals surface area (Å²) >= 11 is 0. The van der Waals surface area contributed by atoms with Gasteiger partial charge in [0.1, 0.15) is 5.82 Å². The lowest BCUT2D eigenvalue weighted by Gasteiger charge is -2.41. The SMILES string of the molecule is COC1(C)CCCN(c2c(F)cccc2/C=C/C(=O)O)C1. The molecule has 1 aliphatic rings. The molecule has 0 amide bonds. The van der Waals surface area contributed by atoms with Gasteiger partial charge in [-0.25, -0.2) is 9.18 Å². The van der Waals surface area contributed by atoms with Gasteiger partial charge in [0.15, 0.2) is 0 Å². The van der Waals surface area contributed by atoms with E-state index in [1.54, 1.807) is 19.2 Å². The highest BCUT2D eigenvalue weighted by molar-refractivity contribution is 5.87. The zero-order valence-electron chi connectivity index (χ0n) is 12.3. The van der Waals surface area contributed by atoms with Crippen molar-refractivity contribution >= 4 is 17.7 Å². The van der Waals surface area contributed by atoms with Crippen LogP contribution in [0.15, 0.2) is 24.3 Å². The van der Waals surface area contributed by atoms with Crippen molar-refractivity contribution in [3.05, 3.63) is 35.7 Å². The Bertz CT molecular complexity index is 558. The number of anilines is 1. The fraction of sp³-hybridized carbons (Fsp3) is 0.438. The number of nitrogens with zero attached hydrogens (tertiary/aromatic N) is 1. The number of halogens is 1. The van der Waals surface area contributed by atoms with Crippen LogP contribution in [0.4, 0.5) is 10.1 Å². The van der Waals surface area contributed by atoms with E-state index in [2.05, 4.69) is 0 Å². The molecule has 0 aliphatic carbocycles. The van der Waals surface area contributed by atoms with Crippen LogP contribution >= 0.6 is 0 Å². The van der Waals surface area contributed by atoms with Crippen LogP contribution in [0.3, 0.4) is 0 Å². The number of benzene rings is 1. The molecule has 1 unspecified atom stereocenters. The molecule has 5 heteroatoms. The summed E-state index contributed by atoms with van der Waals surface area (Å²) in [6, 6.07) is 4.70. The molecule has 0 spiro atoms. The first-order valence-corrected chi connectivity index (χ1v) is 6.95. The van der Waals surface area contributed by atoms with Crippen molar-refractivity contribution in [3.8, 4) is 0 Å². The molecule has 0 aromatic heterocycles. The lowest BCUT2D eigenvalue weighted by atomic mass is 9.93. The Morgan fingerprint density at radius 3 is 2.95 bits per heavy atom. The summed E-state index contributed by atoms with van der Waals surface area (Å²) in [5.41, 5.74) is 0.699. The smallest absolute Gasteiger partial charge is 0.328 e. The Morgan fingerprint density at radius 1 is 1.52 bits per heavy atom.